The highest BCUT2D eigenvalue weighted by molar-refractivity contribution is 7.91. The largest absolute Gasteiger partial charge is 0.481 e. The number of hydrogen-bond acceptors (Lipinski definition) is 6. The Hall–Kier alpha value is -1.56. The van der Waals surface area contributed by atoms with E-state index in [2.05, 4.69) is 5.32 Å². The highest BCUT2D eigenvalue weighted by Gasteiger charge is 2.27. The van der Waals surface area contributed by atoms with Crippen LogP contribution in [0.5, 0.6) is 0 Å². The smallest absolute Gasteiger partial charge is 0.303 e. The standard InChI is InChI=1S/C24H34ClFN2O5S2/c1-24(2,13-5-6-17-9-11-19(26)12-10-17)27-15-20(29)16-28(3)35(32,33)22-14-18(23(25)34-22)7-4-8-21(30)31/h9-12,14,20,27,29H,4-8,13,15-16H2,1-3H3,(H,30,31)/t20-/m1/s1. The van der Waals surface area contributed by atoms with Crippen LogP contribution in [-0.4, -0.2) is 60.7 Å². The molecule has 0 radical (unpaired) electrons. The highest BCUT2D eigenvalue weighted by Crippen LogP contribution is 2.33. The molecule has 0 saturated heterocycles. The molecule has 196 valence electrons. The number of sulfonamides is 1. The molecule has 0 saturated carbocycles. The zero-order valence-corrected chi connectivity index (χ0v) is 22.6. The molecule has 1 aromatic heterocycles. The Morgan fingerprint density at radius 2 is 1.89 bits per heavy atom. The van der Waals surface area contributed by atoms with Gasteiger partial charge in [0.05, 0.1) is 10.4 Å². The molecule has 0 aliphatic rings. The highest BCUT2D eigenvalue weighted by atomic mass is 35.5. The summed E-state index contributed by atoms with van der Waals surface area (Å²) in [5.41, 5.74) is 1.40. The second kappa shape index (κ2) is 13.1. The molecule has 3 N–H and O–H groups in total. The van der Waals surface area contributed by atoms with Gasteiger partial charge in [-0.3, -0.25) is 4.79 Å². The first-order valence-electron chi connectivity index (χ1n) is 11.4. The van der Waals surface area contributed by atoms with E-state index in [4.69, 9.17) is 16.7 Å². The van der Waals surface area contributed by atoms with Crippen LogP contribution in [0.3, 0.4) is 0 Å². The molecule has 1 heterocycles. The van der Waals surface area contributed by atoms with E-state index < -0.39 is 22.1 Å². The van der Waals surface area contributed by atoms with Crippen LogP contribution >= 0.6 is 22.9 Å². The monoisotopic (exact) mass is 548 g/mol. The number of aliphatic hydroxyl groups excluding tert-OH is 1. The van der Waals surface area contributed by atoms with Gasteiger partial charge in [-0.2, -0.15) is 4.31 Å². The zero-order chi connectivity index (χ0) is 26.2. The lowest BCUT2D eigenvalue weighted by molar-refractivity contribution is -0.137. The van der Waals surface area contributed by atoms with E-state index in [1.54, 1.807) is 12.1 Å². The average Bonchev–Trinajstić information content (AvgIpc) is 3.15. The summed E-state index contributed by atoms with van der Waals surface area (Å²) in [6.45, 7) is 4.16. The van der Waals surface area contributed by atoms with E-state index >= 15 is 0 Å². The Morgan fingerprint density at radius 3 is 2.51 bits per heavy atom. The van der Waals surface area contributed by atoms with Crippen molar-refractivity contribution in [3.05, 3.63) is 51.6 Å². The molecule has 11 heteroatoms. The number of nitrogens with one attached hydrogen (secondary N) is 1. The van der Waals surface area contributed by atoms with Gasteiger partial charge in [0.25, 0.3) is 10.0 Å². The van der Waals surface area contributed by atoms with Crippen LogP contribution < -0.4 is 5.32 Å². The van der Waals surface area contributed by atoms with Crippen molar-refractivity contribution in [2.75, 3.05) is 20.1 Å². The Bertz CT molecular complexity index is 1070. The first-order chi connectivity index (χ1) is 16.3. The number of carboxylic acid groups (broad SMARTS) is 1. The fourth-order valence-corrected chi connectivity index (χ4v) is 6.82. The van der Waals surface area contributed by atoms with Gasteiger partial charge in [0.1, 0.15) is 10.0 Å². The number of aryl methyl sites for hydroxylation is 2. The molecule has 1 atom stereocenters. The third-order valence-corrected chi connectivity index (χ3v) is 9.41. The molecule has 0 aliphatic heterocycles. The number of hydrogen-bond donors (Lipinski definition) is 3. The number of nitrogens with zero attached hydrogens (tertiary/aromatic N) is 1. The minimum absolute atomic E-state index is 0.0179. The van der Waals surface area contributed by atoms with Gasteiger partial charge < -0.3 is 15.5 Å². The van der Waals surface area contributed by atoms with Crippen molar-refractivity contribution >= 4 is 38.9 Å². The van der Waals surface area contributed by atoms with Gasteiger partial charge in [-0.05, 0) is 75.3 Å². The molecule has 35 heavy (non-hydrogen) atoms. The van der Waals surface area contributed by atoms with Crippen LogP contribution in [0.2, 0.25) is 4.34 Å². The maximum absolute atomic E-state index is 13.0. The first-order valence-corrected chi connectivity index (χ1v) is 14.1. The van der Waals surface area contributed by atoms with Crippen molar-refractivity contribution in [2.24, 2.45) is 0 Å². The average molecular weight is 549 g/mol. The van der Waals surface area contributed by atoms with Gasteiger partial charge in [-0.1, -0.05) is 23.7 Å². The molecule has 0 fully saturated rings. The van der Waals surface area contributed by atoms with E-state index in [1.165, 1.54) is 25.2 Å². The van der Waals surface area contributed by atoms with Crippen LogP contribution in [0.25, 0.3) is 0 Å². The van der Waals surface area contributed by atoms with Crippen molar-refractivity contribution < 1.29 is 27.8 Å². The SMILES string of the molecule is CN(C[C@H](O)CNC(C)(C)CCCc1ccc(F)cc1)S(=O)(=O)c1cc(CCCC(=O)O)c(Cl)s1. The number of likely N-dealkylation sites (N-methyl/N-ethyl adjacent to an activating group) is 1. The molecule has 2 rings (SSSR count). The van der Waals surface area contributed by atoms with E-state index in [9.17, 15) is 22.7 Å². The minimum atomic E-state index is -3.84. The Kier molecular flexibility index (Phi) is 11.1. The van der Waals surface area contributed by atoms with Gasteiger partial charge in [-0.15, -0.1) is 11.3 Å². The van der Waals surface area contributed by atoms with E-state index in [0.29, 0.717) is 22.7 Å². The number of thiophene rings is 1. The molecule has 0 bridgehead atoms. The quantitative estimate of drug-likeness (QED) is 0.306. The summed E-state index contributed by atoms with van der Waals surface area (Å²) in [5.74, 6) is -1.17. The number of carboxylic acids is 1. The molecule has 0 aliphatic carbocycles. The molecule has 0 amide bonds. The molecule has 2 aromatic rings. The van der Waals surface area contributed by atoms with Crippen LogP contribution in [0.1, 0.15) is 50.7 Å². The second-order valence-electron chi connectivity index (χ2n) is 9.30. The Balaban J connectivity index is 1.83. The number of benzene rings is 1. The molecular weight excluding hydrogens is 515 g/mol. The fourth-order valence-electron chi connectivity index (χ4n) is 3.59. The number of aliphatic carboxylic acids is 1. The number of β-amino-alcohol motifs (C(OH)–C–C–N with tert-alkyl or cyclic N) is 1. The number of carbonyl (C=O) groups is 1. The Morgan fingerprint density at radius 1 is 1.23 bits per heavy atom. The lowest BCUT2D eigenvalue weighted by Crippen LogP contribution is -2.46. The fraction of sp³-hybridized carbons (Fsp3) is 0.542. The van der Waals surface area contributed by atoms with E-state index in [0.717, 1.165) is 40.5 Å². The maximum atomic E-state index is 13.0. The summed E-state index contributed by atoms with van der Waals surface area (Å²) >= 11 is 7.11. The normalized spacial score (nSPS) is 13.3. The minimum Gasteiger partial charge on any atom is -0.481 e. The lowest BCUT2D eigenvalue weighted by Gasteiger charge is -2.29. The van der Waals surface area contributed by atoms with Gasteiger partial charge >= 0.3 is 5.97 Å². The zero-order valence-electron chi connectivity index (χ0n) is 20.3. The second-order valence-corrected chi connectivity index (χ2v) is 13.2. The predicted molar refractivity (Wildman–Crippen MR) is 137 cm³/mol. The molecular formula is C24H34ClFN2O5S2. The van der Waals surface area contributed by atoms with Crippen LogP contribution in [0, 0.1) is 5.82 Å². The maximum Gasteiger partial charge on any atom is 0.303 e. The number of halogens is 2. The number of aliphatic hydroxyl groups is 1. The van der Waals surface area contributed by atoms with Crippen LogP contribution in [0.4, 0.5) is 4.39 Å². The van der Waals surface area contributed by atoms with Gasteiger partial charge in [0, 0.05) is 32.1 Å². The van der Waals surface area contributed by atoms with Crippen molar-refractivity contribution in [3.8, 4) is 0 Å². The van der Waals surface area contributed by atoms with Gasteiger partial charge in [-0.25, -0.2) is 12.8 Å². The van der Waals surface area contributed by atoms with E-state index in [-0.39, 0.29) is 35.1 Å². The summed E-state index contributed by atoms with van der Waals surface area (Å²) in [5, 5.41) is 22.5. The number of rotatable bonds is 15. The molecule has 0 unspecified atom stereocenters. The predicted octanol–water partition coefficient (Wildman–Crippen LogP) is 4.32. The van der Waals surface area contributed by atoms with Crippen LogP contribution in [0.15, 0.2) is 34.5 Å². The summed E-state index contributed by atoms with van der Waals surface area (Å²) in [6.07, 6.45) is 2.33. The van der Waals surface area contributed by atoms with Crippen LogP contribution in [-0.2, 0) is 27.7 Å². The van der Waals surface area contributed by atoms with Gasteiger partial charge in [0.2, 0.25) is 0 Å². The summed E-state index contributed by atoms with van der Waals surface area (Å²) in [7, 11) is -2.44. The van der Waals surface area contributed by atoms with Crippen molar-refractivity contribution in [2.45, 2.75) is 68.2 Å². The first kappa shape index (κ1) is 29.7. The summed E-state index contributed by atoms with van der Waals surface area (Å²) in [6, 6.07) is 7.93. The van der Waals surface area contributed by atoms with Crippen molar-refractivity contribution in [1.29, 1.82) is 0 Å². The van der Waals surface area contributed by atoms with Crippen molar-refractivity contribution in [3.63, 3.8) is 0 Å². The summed E-state index contributed by atoms with van der Waals surface area (Å²) in [4.78, 5) is 10.7. The lowest BCUT2D eigenvalue weighted by atomic mass is 9.95. The molecule has 7 nitrogen and oxygen atoms in total. The topological polar surface area (TPSA) is 107 Å². The Labute approximate surface area is 216 Å². The molecule has 1 aromatic carbocycles. The third kappa shape index (κ3) is 9.78. The van der Waals surface area contributed by atoms with E-state index in [1.807, 2.05) is 13.8 Å². The summed E-state index contributed by atoms with van der Waals surface area (Å²) < 4.78 is 40.4. The van der Waals surface area contributed by atoms with Gasteiger partial charge in [0.15, 0.2) is 0 Å². The third-order valence-electron chi connectivity index (χ3n) is 5.70. The van der Waals surface area contributed by atoms with Crippen molar-refractivity contribution in [1.82, 2.24) is 9.62 Å². The molecule has 0 spiro atoms.